The van der Waals surface area contributed by atoms with Gasteiger partial charge in [0.2, 0.25) is 5.91 Å². The van der Waals surface area contributed by atoms with Gasteiger partial charge in [-0.15, -0.1) is 0 Å². The Balaban J connectivity index is 1.75. The molecule has 1 aliphatic heterocycles. The smallest absolute Gasteiger partial charge is 0.419 e. The number of nitrogens with zero attached hydrogens (tertiary/aromatic N) is 3. The van der Waals surface area contributed by atoms with Gasteiger partial charge in [-0.25, -0.2) is 9.37 Å². The van der Waals surface area contributed by atoms with E-state index in [0.717, 1.165) is 29.1 Å². The fourth-order valence-electron chi connectivity index (χ4n) is 4.49. The Hall–Kier alpha value is -4.21. The third-order valence-electron chi connectivity index (χ3n) is 6.17. The molecule has 0 radical (unpaired) electrons. The number of rotatable bonds is 3. The zero-order chi connectivity index (χ0) is 25.1. The first-order chi connectivity index (χ1) is 16.6. The van der Waals surface area contributed by atoms with Crippen LogP contribution in [0.4, 0.5) is 17.6 Å². The topological polar surface area (TPSA) is 75.4 Å². The largest absolute Gasteiger partial charge is 0.508 e. The Morgan fingerprint density at radius 3 is 2.54 bits per heavy atom. The molecule has 3 aromatic carbocycles. The van der Waals surface area contributed by atoms with Gasteiger partial charge in [-0.2, -0.15) is 13.2 Å². The summed E-state index contributed by atoms with van der Waals surface area (Å²) < 4.78 is 59.6. The van der Waals surface area contributed by atoms with Crippen LogP contribution >= 0.6 is 0 Å². The summed E-state index contributed by atoms with van der Waals surface area (Å²) in [6, 6.07) is 8.99. The van der Waals surface area contributed by atoms with Crippen LogP contribution in [-0.4, -0.2) is 38.6 Å². The van der Waals surface area contributed by atoms with Gasteiger partial charge < -0.3 is 10.0 Å². The molecule has 0 bridgehead atoms. The highest BCUT2D eigenvalue weighted by molar-refractivity contribution is 6.01. The quantitative estimate of drug-likeness (QED) is 0.340. The Morgan fingerprint density at radius 2 is 1.86 bits per heavy atom. The highest BCUT2D eigenvalue weighted by Crippen LogP contribution is 2.45. The first-order valence-electron chi connectivity index (χ1n) is 10.5. The molecular formula is C25H17F4N3O3. The van der Waals surface area contributed by atoms with Gasteiger partial charge in [0.15, 0.2) is 0 Å². The monoisotopic (exact) mass is 483 g/mol. The summed E-state index contributed by atoms with van der Waals surface area (Å²) in [7, 11) is 0. The van der Waals surface area contributed by atoms with Crippen molar-refractivity contribution in [2.24, 2.45) is 0 Å². The molecule has 5 rings (SSSR count). The maximum Gasteiger partial charge on any atom is 0.419 e. The Labute approximate surface area is 195 Å². The van der Waals surface area contributed by atoms with Crippen LogP contribution in [0, 0.1) is 5.82 Å². The molecule has 1 fully saturated rings. The second-order valence-electron chi connectivity index (χ2n) is 8.27. The van der Waals surface area contributed by atoms with Crippen molar-refractivity contribution in [1.29, 1.82) is 0 Å². The number of carbonyl (C=O) groups excluding carboxylic acids is 1. The summed E-state index contributed by atoms with van der Waals surface area (Å²) in [6.07, 6.45) is -2.95. The third-order valence-corrected chi connectivity index (χ3v) is 6.17. The molecule has 178 valence electrons. The standard InChI is InChI=1S/C25H17F4N3O3/c1-2-20(34)31-10-14(11-31)32-12-30-23-18(24(32)35)9-19(26)21(22(23)25(27,28)29)17-8-15(33)7-13-5-3-4-6-16(13)17/h2-9,12,14,33H,1,10-11H2. The maximum absolute atomic E-state index is 15.5. The van der Waals surface area contributed by atoms with Crippen LogP contribution in [0.15, 0.2) is 66.2 Å². The number of aromatic hydroxyl groups is 1. The van der Waals surface area contributed by atoms with Crippen LogP contribution in [0.5, 0.6) is 5.75 Å². The summed E-state index contributed by atoms with van der Waals surface area (Å²) in [4.78, 5) is 30.1. The van der Waals surface area contributed by atoms with E-state index in [-0.39, 0.29) is 30.3 Å². The lowest BCUT2D eigenvalue weighted by atomic mass is 9.92. The molecule has 1 aromatic heterocycles. The predicted molar refractivity (Wildman–Crippen MR) is 121 cm³/mol. The van der Waals surface area contributed by atoms with E-state index in [9.17, 15) is 27.9 Å². The molecule has 0 atom stereocenters. The van der Waals surface area contributed by atoms with Gasteiger partial charge in [0.25, 0.3) is 5.56 Å². The van der Waals surface area contributed by atoms with Gasteiger partial charge in [0.1, 0.15) is 11.6 Å². The molecule has 1 saturated heterocycles. The van der Waals surface area contributed by atoms with Crippen molar-refractivity contribution >= 4 is 27.6 Å². The van der Waals surface area contributed by atoms with Crippen LogP contribution in [0.2, 0.25) is 0 Å². The Kier molecular flexibility index (Phi) is 5.12. The number of amides is 1. The lowest BCUT2D eigenvalue weighted by molar-refractivity contribution is -0.136. The summed E-state index contributed by atoms with van der Waals surface area (Å²) in [6.45, 7) is 3.69. The van der Waals surface area contributed by atoms with Crippen LogP contribution in [-0.2, 0) is 11.0 Å². The fourth-order valence-corrected chi connectivity index (χ4v) is 4.49. The number of fused-ring (bicyclic) bond motifs is 2. The molecule has 1 amide bonds. The van der Waals surface area contributed by atoms with Crippen molar-refractivity contribution in [1.82, 2.24) is 14.5 Å². The minimum absolute atomic E-state index is 0.153. The number of alkyl halides is 3. The molecule has 1 N–H and O–H groups in total. The maximum atomic E-state index is 15.5. The van der Waals surface area contributed by atoms with Gasteiger partial charge in [0.05, 0.1) is 28.8 Å². The molecule has 1 aliphatic rings. The van der Waals surface area contributed by atoms with Gasteiger partial charge in [-0.3, -0.25) is 14.2 Å². The minimum atomic E-state index is -5.06. The number of phenols is 1. The molecule has 0 unspecified atom stereocenters. The first-order valence-corrected chi connectivity index (χ1v) is 10.5. The summed E-state index contributed by atoms with van der Waals surface area (Å²) in [5, 5.41) is 10.3. The lowest BCUT2D eigenvalue weighted by Gasteiger charge is -2.39. The molecule has 10 heteroatoms. The normalized spacial score (nSPS) is 14.3. The van der Waals surface area contributed by atoms with E-state index in [4.69, 9.17) is 0 Å². The minimum Gasteiger partial charge on any atom is -0.508 e. The number of aromatic nitrogens is 2. The van der Waals surface area contributed by atoms with E-state index in [1.807, 2.05) is 0 Å². The molecular weight excluding hydrogens is 466 g/mol. The molecule has 2 heterocycles. The average molecular weight is 483 g/mol. The van der Waals surface area contributed by atoms with E-state index < -0.39 is 45.6 Å². The van der Waals surface area contributed by atoms with Crippen LogP contribution in [0.1, 0.15) is 11.6 Å². The number of likely N-dealkylation sites (tertiary alicyclic amines) is 1. The highest BCUT2D eigenvalue weighted by Gasteiger charge is 2.40. The molecule has 4 aromatic rings. The van der Waals surface area contributed by atoms with E-state index in [1.54, 1.807) is 18.2 Å². The van der Waals surface area contributed by atoms with Crippen molar-refractivity contribution in [2.75, 3.05) is 13.1 Å². The zero-order valence-electron chi connectivity index (χ0n) is 18.0. The van der Waals surface area contributed by atoms with Crippen LogP contribution < -0.4 is 5.56 Å². The molecule has 0 aliphatic carbocycles. The second kappa shape index (κ2) is 7.93. The van der Waals surface area contributed by atoms with E-state index in [1.165, 1.54) is 17.0 Å². The molecule has 6 nitrogen and oxygen atoms in total. The van der Waals surface area contributed by atoms with E-state index in [0.29, 0.717) is 10.8 Å². The first kappa shape index (κ1) is 22.6. The second-order valence-corrected chi connectivity index (χ2v) is 8.27. The number of halogens is 4. The van der Waals surface area contributed by atoms with Crippen molar-refractivity contribution in [3.63, 3.8) is 0 Å². The zero-order valence-corrected chi connectivity index (χ0v) is 18.0. The number of hydrogen-bond acceptors (Lipinski definition) is 4. The van der Waals surface area contributed by atoms with Crippen molar-refractivity contribution < 1.29 is 27.5 Å². The van der Waals surface area contributed by atoms with Crippen molar-refractivity contribution in [2.45, 2.75) is 12.2 Å². The summed E-state index contributed by atoms with van der Waals surface area (Å²) >= 11 is 0. The SMILES string of the molecule is C=CC(=O)N1CC(n2cnc3c(C(F)(F)F)c(-c4cc(O)cc5ccccc45)c(F)cc3c2=O)C1. The van der Waals surface area contributed by atoms with Crippen LogP contribution in [0.25, 0.3) is 32.8 Å². The average Bonchev–Trinajstić information content (AvgIpc) is 2.77. The van der Waals surface area contributed by atoms with Crippen molar-refractivity contribution in [3.05, 3.63) is 83.2 Å². The summed E-state index contributed by atoms with van der Waals surface area (Å²) in [5.74, 6) is -1.94. The number of carbonyl (C=O) groups is 1. The van der Waals surface area contributed by atoms with E-state index in [2.05, 4.69) is 11.6 Å². The lowest BCUT2D eigenvalue weighted by Crippen LogP contribution is -2.52. The Morgan fingerprint density at radius 1 is 1.14 bits per heavy atom. The van der Waals surface area contributed by atoms with E-state index >= 15 is 4.39 Å². The van der Waals surface area contributed by atoms with Gasteiger partial charge in [0, 0.05) is 18.7 Å². The van der Waals surface area contributed by atoms with Gasteiger partial charge in [-0.05, 0) is 40.6 Å². The molecule has 0 spiro atoms. The van der Waals surface area contributed by atoms with Gasteiger partial charge in [-0.1, -0.05) is 30.8 Å². The third kappa shape index (κ3) is 3.61. The molecule has 0 saturated carbocycles. The van der Waals surface area contributed by atoms with Crippen molar-refractivity contribution in [3.8, 4) is 16.9 Å². The Bertz CT molecular complexity index is 1590. The highest BCUT2D eigenvalue weighted by atomic mass is 19.4. The summed E-state index contributed by atoms with van der Waals surface area (Å²) in [5.41, 5.74) is -3.91. The van der Waals surface area contributed by atoms with Gasteiger partial charge >= 0.3 is 6.18 Å². The number of benzene rings is 3. The number of phenolic OH excluding ortho intramolecular Hbond substituents is 1. The predicted octanol–water partition coefficient (Wildman–Crippen LogP) is 4.65. The van der Waals surface area contributed by atoms with Crippen LogP contribution in [0.3, 0.4) is 0 Å². The fraction of sp³-hybridized carbons (Fsp3) is 0.160. The number of hydrogen-bond donors (Lipinski definition) is 1. The molecule has 35 heavy (non-hydrogen) atoms.